The molecule has 2 aromatic rings. The van der Waals surface area contributed by atoms with Crippen LogP contribution in [0.2, 0.25) is 0 Å². The number of aromatic nitrogens is 2. The summed E-state index contributed by atoms with van der Waals surface area (Å²) in [5.41, 5.74) is 5.60. The van der Waals surface area contributed by atoms with Gasteiger partial charge in [-0.05, 0) is 12.1 Å². The number of pyridine rings is 1. The topological polar surface area (TPSA) is 63.8 Å². The van der Waals surface area contributed by atoms with Gasteiger partial charge in [0.25, 0.3) is 0 Å². The normalized spacial score (nSPS) is 12.3. The summed E-state index contributed by atoms with van der Waals surface area (Å²) in [6.45, 7) is 2.95. The third-order valence-corrected chi connectivity index (χ3v) is 3.24. The minimum absolute atomic E-state index is 0.378. The Labute approximate surface area is 98.6 Å². The van der Waals surface area contributed by atoms with Crippen molar-refractivity contribution in [2.75, 3.05) is 17.6 Å². The molecule has 16 heavy (non-hydrogen) atoms. The van der Waals surface area contributed by atoms with Crippen molar-refractivity contribution in [1.29, 1.82) is 0 Å². The second-order valence-corrected chi connectivity index (χ2v) is 4.53. The van der Waals surface area contributed by atoms with Crippen LogP contribution in [-0.2, 0) is 0 Å². The van der Waals surface area contributed by atoms with Crippen molar-refractivity contribution < 1.29 is 0 Å². The molecular weight excluding hydrogens is 220 g/mol. The fourth-order valence-electron chi connectivity index (χ4n) is 1.37. The van der Waals surface area contributed by atoms with E-state index in [2.05, 4.69) is 22.2 Å². The highest BCUT2D eigenvalue weighted by atomic mass is 32.1. The number of rotatable bonds is 4. The van der Waals surface area contributed by atoms with Crippen LogP contribution < -0.4 is 11.1 Å². The zero-order valence-corrected chi connectivity index (χ0v) is 9.87. The number of nitrogens with two attached hydrogens (primary N) is 1. The van der Waals surface area contributed by atoms with E-state index < -0.39 is 0 Å². The van der Waals surface area contributed by atoms with Gasteiger partial charge in [-0.25, -0.2) is 9.97 Å². The molecule has 0 saturated carbocycles. The average Bonchev–Trinajstić information content (AvgIpc) is 2.79. The van der Waals surface area contributed by atoms with Gasteiger partial charge in [-0.1, -0.05) is 13.0 Å². The first-order valence-electron chi connectivity index (χ1n) is 5.11. The molecule has 0 radical (unpaired) electrons. The lowest BCUT2D eigenvalue weighted by Gasteiger charge is -2.10. The third kappa shape index (κ3) is 2.70. The SMILES string of the molecule is CC(CNc1cccc(N)n1)c1nccs1. The van der Waals surface area contributed by atoms with E-state index >= 15 is 0 Å². The maximum Gasteiger partial charge on any atom is 0.128 e. The Morgan fingerprint density at radius 2 is 2.38 bits per heavy atom. The fourth-order valence-corrected chi connectivity index (χ4v) is 2.07. The first-order chi connectivity index (χ1) is 7.75. The number of nitrogens with one attached hydrogen (secondary N) is 1. The molecule has 2 rings (SSSR count). The Kier molecular flexibility index (Phi) is 3.36. The largest absolute Gasteiger partial charge is 0.384 e. The molecule has 3 N–H and O–H groups in total. The summed E-state index contributed by atoms with van der Waals surface area (Å²) >= 11 is 1.67. The van der Waals surface area contributed by atoms with Crippen molar-refractivity contribution in [3.63, 3.8) is 0 Å². The molecule has 0 aliphatic rings. The monoisotopic (exact) mass is 234 g/mol. The number of nitrogen functional groups attached to an aromatic ring is 1. The molecule has 0 amide bonds. The number of hydrogen-bond acceptors (Lipinski definition) is 5. The van der Waals surface area contributed by atoms with Gasteiger partial charge in [0.1, 0.15) is 11.6 Å². The van der Waals surface area contributed by atoms with Crippen LogP contribution in [0.4, 0.5) is 11.6 Å². The van der Waals surface area contributed by atoms with Gasteiger partial charge in [-0.2, -0.15) is 0 Å². The summed E-state index contributed by atoms with van der Waals surface area (Å²) in [4.78, 5) is 8.46. The van der Waals surface area contributed by atoms with E-state index in [1.54, 1.807) is 17.4 Å². The second-order valence-electron chi connectivity index (χ2n) is 3.60. The highest BCUT2D eigenvalue weighted by Crippen LogP contribution is 2.18. The van der Waals surface area contributed by atoms with Gasteiger partial charge in [0.2, 0.25) is 0 Å². The third-order valence-electron chi connectivity index (χ3n) is 2.23. The van der Waals surface area contributed by atoms with Gasteiger partial charge in [0, 0.05) is 24.0 Å². The molecule has 2 heterocycles. The van der Waals surface area contributed by atoms with Gasteiger partial charge >= 0.3 is 0 Å². The summed E-state index contributed by atoms with van der Waals surface area (Å²) in [6.07, 6.45) is 1.83. The van der Waals surface area contributed by atoms with Crippen LogP contribution in [0.15, 0.2) is 29.8 Å². The molecule has 0 aromatic carbocycles. The molecule has 5 heteroatoms. The van der Waals surface area contributed by atoms with Crippen molar-refractivity contribution in [3.05, 3.63) is 34.8 Å². The molecule has 0 aliphatic heterocycles. The van der Waals surface area contributed by atoms with E-state index in [9.17, 15) is 0 Å². The minimum atomic E-state index is 0.378. The number of thiazole rings is 1. The minimum Gasteiger partial charge on any atom is -0.384 e. The molecule has 0 fully saturated rings. The van der Waals surface area contributed by atoms with Crippen molar-refractivity contribution >= 4 is 23.0 Å². The Morgan fingerprint density at radius 3 is 3.06 bits per heavy atom. The summed E-state index contributed by atoms with van der Waals surface area (Å²) < 4.78 is 0. The quantitative estimate of drug-likeness (QED) is 0.852. The van der Waals surface area contributed by atoms with E-state index in [0.29, 0.717) is 11.7 Å². The van der Waals surface area contributed by atoms with Crippen LogP contribution in [0.25, 0.3) is 0 Å². The fraction of sp³-hybridized carbons (Fsp3) is 0.273. The Morgan fingerprint density at radius 1 is 1.50 bits per heavy atom. The van der Waals surface area contributed by atoms with Gasteiger partial charge in [0.05, 0.1) is 5.01 Å². The Hall–Kier alpha value is -1.62. The Bertz CT molecular complexity index is 441. The van der Waals surface area contributed by atoms with Gasteiger partial charge in [0.15, 0.2) is 0 Å². The summed E-state index contributed by atoms with van der Waals surface area (Å²) in [6, 6.07) is 5.57. The molecule has 2 aromatic heterocycles. The molecular formula is C11H14N4S. The molecule has 84 valence electrons. The molecule has 0 aliphatic carbocycles. The molecule has 1 unspecified atom stereocenters. The smallest absolute Gasteiger partial charge is 0.128 e. The first-order valence-corrected chi connectivity index (χ1v) is 5.99. The van der Waals surface area contributed by atoms with E-state index in [-0.39, 0.29) is 0 Å². The Balaban J connectivity index is 1.92. The van der Waals surface area contributed by atoms with E-state index in [1.165, 1.54) is 0 Å². The highest BCUT2D eigenvalue weighted by Gasteiger charge is 2.07. The van der Waals surface area contributed by atoms with Gasteiger partial charge < -0.3 is 11.1 Å². The highest BCUT2D eigenvalue weighted by molar-refractivity contribution is 7.09. The van der Waals surface area contributed by atoms with Gasteiger partial charge in [-0.15, -0.1) is 11.3 Å². The van der Waals surface area contributed by atoms with Crippen molar-refractivity contribution in [2.45, 2.75) is 12.8 Å². The van der Waals surface area contributed by atoms with Crippen molar-refractivity contribution in [2.24, 2.45) is 0 Å². The molecule has 1 atom stereocenters. The lowest BCUT2D eigenvalue weighted by Crippen LogP contribution is -2.10. The van der Waals surface area contributed by atoms with Gasteiger partial charge in [-0.3, -0.25) is 0 Å². The summed E-state index contributed by atoms with van der Waals surface area (Å²) in [5, 5.41) is 6.38. The lowest BCUT2D eigenvalue weighted by molar-refractivity contribution is 0.792. The lowest BCUT2D eigenvalue weighted by atomic mass is 10.2. The van der Waals surface area contributed by atoms with Crippen molar-refractivity contribution in [3.8, 4) is 0 Å². The number of nitrogens with zero attached hydrogens (tertiary/aromatic N) is 2. The molecule has 0 saturated heterocycles. The summed E-state index contributed by atoms with van der Waals surface area (Å²) in [7, 11) is 0. The number of anilines is 2. The zero-order valence-electron chi connectivity index (χ0n) is 9.05. The predicted octanol–water partition coefficient (Wildman–Crippen LogP) is 2.34. The van der Waals surface area contributed by atoms with Crippen LogP contribution in [0.1, 0.15) is 17.8 Å². The van der Waals surface area contributed by atoms with Crippen LogP contribution >= 0.6 is 11.3 Å². The average molecular weight is 234 g/mol. The van der Waals surface area contributed by atoms with Crippen LogP contribution in [0.3, 0.4) is 0 Å². The van der Waals surface area contributed by atoms with Crippen LogP contribution in [-0.4, -0.2) is 16.5 Å². The second kappa shape index (κ2) is 4.94. The van der Waals surface area contributed by atoms with Crippen molar-refractivity contribution in [1.82, 2.24) is 9.97 Å². The molecule has 0 spiro atoms. The standard InChI is InChI=1S/C11H14N4S/c1-8(11-13-5-6-16-11)7-14-10-4-2-3-9(12)15-10/h2-6,8H,7H2,1H3,(H3,12,14,15). The number of hydrogen-bond donors (Lipinski definition) is 2. The first kappa shape index (κ1) is 10.9. The predicted molar refractivity (Wildman–Crippen MR) is 67.7 cm³/mol. The maximum absolute atomic E-state index is 5.60. The van der Waals surface area contributed by atoms with Crippen LogP contribution in [0, 0.1) is 0 Å². The maximum atomic E-state index is 5.60. The van der Waals surface area contributed by atoms with E-state index in [4.69, 9.17) is 5.73 Å². The van der Waals surface area contributed by atoms with E-state index in [0.717, 1.165) is 17.4 Å². The zero-order chi connectivity index (χ0) is 11.4. The van der Waals surface area contributed by atoms with E-state index in [1.807, 2.05) is 23.7 Å². The molecule has 0 bridgehead atoms. The molecule has 4 nitrogen and oxygen atoms in total. The van der Waals surface area contributed by atoms with Crippen LogP contribution in [0.5, 0.6) is 0 Å². The summed E-state index contributed by atoms with van der Waals surface area (Å²) in [5.74, 6) is 1.72.